The fourth-order valence-electron chi connectivity index (χ4n) is 2.67. The summed E-state index contributed by atoms with van der Waals surface area (Å²) in [6.45, 7) is 9.85. The topological polar surface area (TPSA) is 72.5 Å². The summed E-state index contributed by atoms with van der Waals surface area (Å²) in [7, 11) is 1.42. The summed E-state index contributed by atoms with van der Waals surface area (Å²) in [5, 5.41) is 2.22. The van der Waals surface area contributed by atoms with Gasteiger partial charge in [0.05, 0.1) is 7.11 Å². The molecule has 1 N–H and O–H groups in total. The first-order chi connectivity index (χ1) is 12.5. The van der Waals surface area contributed by atoms with E-state index in [1.807, 2.05) is 34.6 Å². The lowest BCUT2D eigenvalue weighted by atomic mass is 9.89. The number of ketones is 1. The van der Waals surface area contributed by atoms with Gasteiger partial charge in [0.2, 0.25) is 11.8 Å². The average Bonchev–Trinajstić information content (AvgIpc) is 2.66. The highest BCUT2D eigenvalue weighted by molar-refractivity contribution is 6.04. The van der Waals surface area contributed by atoms with Crippen molar-refractivity contribution in [3.63, 3.8) is 0 Å². The van der Waals surface area contributed by atoms with Crippen LogP contribution in [-0.2, 0) is 16.0 Å². The molecule has 0 spiro atoms. The van der Waals surface area contributed by atoms with Crippen molar-refractivity contribution in [2.45, 2.75) is 60.3 Å². The summed E-state index contributed by atoms with van der Waals surface area (Å²) in [6, 6.07) is 2.41. The third kappa shape index (κ3) is 6.24. The van der Waals surface area contributed by atoms with Crippen molar-refractivity contribution in [3.05, 3.63) is 29.1 Å². The Morgan fingerprint density at radius 3 is 2.35 bits per heavy atom. The molecule has 0 bridgehead atoms. The number of carbonyl (C=O) groups excluding carboxylic acids is 3. The Balaban J connectivity index is 0.00000146. The zero-order valence-electron chi connectivity index (χ0n) is 16.6. The Morgan fingerprint density at radius 1 is 1.23 bits per heavy atom. The molecule has 1 aliphatic heterocycles. The predicted octanol–water partition coefficient (Wildman–Crippen LogP) is 4.07. The summed E-state index contributed by atoms with van der Waals surface area (Å²) in [5.41, 5.74) is 0.866. The molecule has 1 aromatic rings. The van der Waals surface area contributed by atoms with Gasteiger partial charge in [0, 0.05) is 36.0 Å². The lowest BCUT2D eigenvalue weighted by molar-refractivity contribution is -0.136. The molecule has 146 valence electrons. The second kappa shape index (κ2) is 12.2. The monoisotopic (exact) mass is 367 g/mol. The molecule has 1 aromatic carbocycles. The first-order valence-electron chi connectivity index (χ1n) is 9.19. The molecule has 5 nitrogen and oxygen atoms in total. The van der Waals surface area contributed by atoms with Gasteiger partial charge in [0.25, 0.3) is 0 Å². The Kier molecular flexibility index (Phi) is 11.1. The van der Waals surface area contributed by atoms with Crippen molar-refractivity contribution in [2.75, 3.05) is 7.11 Å². The number of Topliss-reactive ketones (excluding diaryl/α,β-unsaturated/α-hetero) is 1. The van der Waals surface area contributed by atoms with E-state index in [-0.39, 0.29) is 30.1 Å². The number of carbonyl (C=O) groups is 3. The number of benzene rings is 1. The molecule has 2 amide bonds. The van der Waals surface area contributed by atoms with E-state index in [0.717, 1.165) is 0 Å². The average molecular weight is 367 g/mol. The highest BCUT2D eigenvalue weighted by Gasteiger charge is 2.29. The Labute approximate surface area is 155 Å². The van der Waals surface area contributed by atoms with Crippen molar-refractivity contribution in [1.29, 1.82) is 0 Å². The highest BCUT2D eigenvalue weighted by atomic mass is 19.1. The lowest BCUT2D eigenvalue weighted by Gasteiger charge is -2.20. The largest absolute Gasteiger partial charge is 0.496 e. The van der Waals surface area contributed by atoms with Crippen LogP contribution in [0.1, 0.15) is 69.8 Å². The molecule has 1 saturated heterocycles. The van der Waals surface area contributed by atoms with E-state index in [2.05, 4.69) is 5.32 Å². The number of hydrogen-bond donors (Lipinski definition) is 1. The molecule has 2 rings (SSSR count). The second-order valence-corrected chi connectivity index (χ2v) is 5.26. The van der Waals surface area contributed by atoms with Crippen LogP contribution in [0.15, 0.2) is 12.1 Å². The van der Waals surface area contributed by atoms with Crippen LogP contribution in [0.25, 0.3) is 0 Å². The van der Waals surface area contributed by atoms with Crippen LogP contribution in [0, 0.1) is 11.7 Å². The number of ether oxygens (including phenoxy) is 1. The SMILES string of the molecule is CC.CC.CCc1c(OC)cc(F)cc1C(=O)CC1CCC(=O)NC1=O. The van der Waals surface area contributed by atoms with E-state index in [1.165, 1.54) is 19.2 Å². The van der Waals surface area contributed by atoms with Gasteiger partial charge in [-0.25, -0.2) is 4.39 Å². The number of hydrogen-bond acceptors (Lipinski definition) is 4. The van der Waals surface area contributed by atoms with Gasteiger partial charge in [0.15, 0.2) is 5.78 Å². The van der Waals surface area contributed by atoms with E-state index in [4.69, 9.17) is 4.74 Å². The fourth-order valence-corrected chi connectivity index (χ4v) is 2.67. The smallest absolute Gasteiger partial charge is 0.230 e. The summed E-state index contributed by atoms with van der Waals surface area (Å²) in [6.07, 6.45) is 1.03. The van der Waals surface area contributed by atoms with Gasteiger partial charge in [-0.1, -0.05) is 34.6 Å². The van der Waals surface area contributed by atoms with Gasteiger partial charge in [0.1, 0.15) is 11.6 Å². The fraction of sp³-hybridized carbons (Fsp3) is 0.550. The normalized spacial score (nSPS) is 15.7. The Hall–Kier alpha value is -2.24. The van der Waals surface area contributed by atoms with Crippen molar-refractivity contribution in [1.82, 2.24) is 5.32 Å². The van der Waals surface area contributed by atoms with Crippen molar-refractivity contribution >= 4 is 17.6 Å². The summed E-state index contributed by atoms with van der Waals surface area (Å²) < 4.78 is 18.8. The lowest BCUT2D eigenvalue weighted by Crippen LogP contribution is -2.41. The predicted molar refractivity (Wildman–Crippen MR) is 99.8 cm³/mol. The van der Waals surface area contributed by atoms with Gasteiger partial charge in [-0.3, -0.25) is 19.7 Å². The van der Waals surface area contributed by atoms with Crippen molar-refractivity contribution < 1.29 is 23.5 Å². The molecule has 0 radical (unpaired) electrons. The van der Waals surface area contributed by atoms with E-state index in [1.54, 1.807) is 0 Å². The molecule has 1 atom stereocenters. The maximum atomic E-state index is 13.6. The number of imide groups is 1. The van der Waals surface area contributed by atoms with Crippen LogP contribution >= 0.6 is 0 Å². The Bertz CT molecular complexity index is 628. The Morgan fingerprint density at radius 2 is 1.85 bits per heavy atom. The van der Waals surface area contributed by atoms with Gasteiger partial charge < -0.3 is 4.74 Å². The van der Waals surface area contributed by atoms with Crippen molar-refractivity contribution in [3.8, 4) is 5.75 Å². The van der Waals surface area contributed by atoms with E-state index < -0.39 is 17.6 Å². The maximum Gasteiger partial charge on any atom is 0.230 e. The van der Waals surface area contributed by atoms with Crippen molar-refractivity contribution in [2.24, 2.45) is 5.92 Å². The van der Waals surface area contributed by atoms with Crippen LogP contribution in [-0.4, -0.2) is 24.7 Å². The quantitative estimate of drug-likeness (QED) is 0.629. The first kappa shape index (κ1) is 23.8. The van der Waals surface area contributed by atoms with Gasteiger partial charge in [-0.05, 0) is 18.9 Å². The van der Waals surface area contributed by atoms with E-state index in [9.17, 15) is 18.8 Å². The van der Waals surface area contributed by atoms with E-state index >= 15 is 0 Å². The van der Waals surface area contributed by atoms with Crippen LogP contribution in [0.3, 0.4) is 0 Å². The minimum atomic E-state index is -0.555. The molecule has 1 aliphatic rings. The second-order valence-electron chi connectivity index (χ2n) is 5.26. The standard InChI is InChI=1S/C16H18FNO4.2C2H6/c1-3-11-12(7-10(17)8-14(11)22-2)13(19)6-9-4-5-15(20)18-16(9)21;2*1-2/h7-9H,3-6H2,1-2H3,(H,18,20,21);2*1-2H3. The van der Waals surface area contributed by atoms with Crippen LogP contribution in [0.4, 0.5) is 4.39 Å². The molecule has 1 fully saturated rings. The third-order valence-electron chi connectivity index (χ3n) is 3.83. The number of nitrogens with one attached hydrogen (secondary N) is 1. The first-order valence-corrected chi connectivity index (χ1v) is 9.19. The number of rotatable bonds is 5. The maximum absolute atomic E-state index is 13.6. The third-order valence-corrected chi connectivity index (χ3v) is 3.83. The molecule has 26 heavy (non-hydrogen) atoms. The number of piperidine rings is 1. The van der Waals surface area contributed by atoms with Crippen LogP contribution < -0.4 is 10.1 Å². The van der Waals surface area contributed by atoms with Crippen LogP contribution in [0.5, 0.6) is 5.75 Å². The molecule has 0 saturated carbocycles. The number of halogens is 1. The molecule has 6 heteroatoms. The minimum absolute atomic E-state index is 0.0429. The molecular weight excluding hydrogens is 337 g/mol. The summed E-state index contributed by atoms with van der Waals surface area (Å²) >= 11 is 0. The molecule has 1 heterocycles. The zero-order chi connectivity index (χ0) is 20.3. The number of methoxy groups -OCH3 is 1. The van der Waals surface area contributed by atoms with Gasteiger partial charge in [-0.2, -0.15) is 0 Å². The number of amides is 2. The summed E-state index contributed by atoms with van der Waals surface area (Å²) in [4.78, 5) is 35.3. The highest BCUT2D eigenvalue weighted by Crippen LogP contribution is 2.28. The van der Waals surface area contributed by atoms with Gasteiger partial charge in [-0.15, -0.1) is 0 Å². The zero-order valence-corrected chi connectivity index (χ0v) is 16.6. The van der Waals surface area contributed by atoms with Crippen LogP contribution in [0.2, 0.25) is 0 Å². The molecule has 0 aromatic heterocycles. The molecule has 0 aliphatic carbocycles. The molecular formula is C20H30FNO4. The van der Waals surface area contributed by atoms with Gasteiger partial charge >= 0.3 is 0 Å². The van der Waals surface area contributed by atoms with E-state index in [0.29, 0.717) is 24.2 Å². The molecule has 1 unspecified atom stereocenters. The minimum Gasteiger partial charge on any atom is -0.496 e. The summed E-state index contributed by atoms with van der Waals surface area (Å²) in [5.74, 6) is -1.86.